The van der Waals surface area contributed by atoms with Crippen molar-refractivity contribution in [3.8, 4) is 5.69 Å². The molecule has 1 amide bonds. The van der Waals surface area contributed by atoms with Gasteiger partial charge in [-0.2, -0.15) is 5.10 Å². The number of nitrogens with zero attached hydrogens (tertiary/aromatic N) is 3. The van der Waals surface area contributed by atoms with E-state index in [1.807, 2.05) is 59.3 Å². The van der Waals surface area contributed by atoms with Crippen molar-refractivity contribution >= 4 is 11.9 Å². The maximum absolute atomic E-state index is 13.5. The third kappa shape index (κ3) is 2.92. The van der Waals surface area contributed by atoms with Crippen molar-refractivity contribution < 1.29 is 14.7 Å². The van der Waals surface area contributed by atoms with Crippen LogP contribution in [0.15, 0.2) is 54.6 Å². The average molecular weight is 387 g/mol. The van der Waals surface area contributed by atoms with E-state index in [1.165, 1.54) is 4.90 Å². The quantitative estimate of drug-likeness (QED) is 0.750. The molecule has 0 bridgehead atoms. The van der Waals surface area contributed by atoms with Gasteiger partial charge in [-0.1, -0.05) is 42.5 Å². The number of carbonyl (C=O) groups is 2. The maximum Gasteiger partial charge on any atom is 0.326 e. The summed E-state index contributed by atoms with van der Waals surface area (Å²) in [6.07, 6.45) is 2.96. The van der Waals surface area contributed by atoms with Crippen LogP contribution >= 0.6 is 0 Å². The molecular weight excluding hydrogens is 366 g/mol. The maximum atomic E-state index is 13.5. The molecule has 2 heterocycles. The summed E-state index contributed by atoms with van der Waals surface area (Å²) in [5, 5.41) is 14.4. The Kier molecular flexibility index (Phi) is 4.19. The second-order valence-corrected chi connectivity index (χ2v) is 7.63. The van der Waals surface area contributed by atoms with Crippen LogP contribution in [0.2, 0.25) is 0 Å². The lowest BCUT2D eigenvalue weighted by Crippen LogP contribution is -2.49. The molecule has 0 radical (unpaired) electrons. The fourth-order valence-corrected chi connectivity index (χ4v) is 4.49. The second kappa shape index (κ2) is 6.88. The van der Waals surface area contributed by atoms with Crippen LogP contribution in [0.5, 0.6) is 0 Å². The Balaban J connectivity index is 1.56. The highest BCUT2D eigenvalue weighted by molar-refractivity contribution is 5.97. The lowest BCUT2D eigenvalue weighted by molar-refractivity contribution is -0.142. The smallest absolute Gasteiger partial charge is 0.326 e. The summed E-state index contributed by atoms with van der Waals surface area (Å²) in [6.45, 7) is 0.291. The number of benzene rings is 2. The summed E-state index contributed by atoms with van der Waals surface area (Å²) in [6, 6.07) is 16.6. The molecule has 0 spiro atoms. The number of aliphatic carboxylic acids is 1. The number of carboxylic acids is 1. The fourth-order valence-electron chi connectivity index (χ4n) is 4.49. The van der Waals surface area contributed by atoms with Crippen LogP contribution in [0.3, 0.4) is 0 Å². The fraction of sp³-hybridized carbons (Fsp3) is 0.261. The standard InChI is InChI=1S/C23H21N3O3/c27-22(25-14-16-8-5-4-7-15(16)13-20(25)23(28)29)21-18-11-6-12-19(18)26(24-21)17-9-2-1-3-10-17/h1-5,7-10,20H,6,11-14H2,(H,28,29). The van der Waals surface area contributed by atoms with Crippen molar-refractivity contribution in [3.05, 3.63) is 82.7 Å². The number of hydrogen-bond donors (Lipinski definition) is 1. The van der Waals surface area contributed by atoms with E-state index in [0.29, 0.717) is 18.7 Å². The van der Waals surface area contributed by atoms with E-state index in [0.717, 1.165) is 47.3 Å². The third-order valence-corrected chi connectivity index (χ3v) is 5.93. The molecule has 1 aliphatic carbocycles. The molecule has 6 heteroatoms. The topological polar surface area (TPSA) is 75.4 Å². The van der Waals surface area contributed by atoms with E-state index >= 15 is 0 Å². The minimum atomic E-state index is -0.980. The number of para-hydroxylation sites is 1. The van der Waals surface area contributed by atoms with Crippen LogP contribution in [-0.2, 0) is 30.6 Å². The summed E-state index contributed by atoms with van der Waals surface area (Å²) < 4.78 is 1.85. The molecule has 1 aliphatic heterocycles. The summed E-state index contributed by atoms with van der Waals surface area (Å²) >= 11 is 0. The van der Waals surface area contributed by atoms with E-state index in [4.69, 9.17) is 0 Å². The van der Waals surface area contributed by atoms with Gasteiger partial charge in [0.2, 0.25) is 0 Å². The van der Waals surface area contributed by atoms with Crippen molar-refractivity contribution in [3.63, 3.8) is 0 Å². The van der Waals surface area contributed by atoms with Gasteiger partial charge in [-0.25, -0.2) is 9.48 Å². The van der Waals surface area contributed by atoms with Crippen molar-refractivity contribution in [1.82, 2.24) is 14.7 Å². The van der Waals surface area contributed by atoms with Gasteiger partial charge in [-0.15, -0.1) is 0 Å². The van der Waals surface area contributed by atoms with Crippen LogP contribution < -0.4 is 0 Å². The van der Waals surface area contributed by atoms with Crippen LogP contribution in [-0.4, -0.2) is 37.7 Å². The Morgan fingerprint density at radius 2 is 1.69 bits per heavy atom. The van der Waals surface area contributed by atoms with Crippen molar-refractivity contribution in [1.29, 1.82) is 0 Å². The summed E-state index contributed by atoms with van der Waals surface area (Å²) in [5.41, 5.74) is 5.32. The molecule has 1 N–H and O–H groups in total. The van der Waals surface area contributed by atoms with Gasteiger partial charge >= 0.3 is 5.97 Å². The minimum absolute atomic E-state index is 0.291. The molecule has 1 aromatic heterocycles. The highest BCUT2D eigenvalue weighted by atomic mass is 16.4. The Bertz CT molecular complexity index is 1100. The molecule has 0 fully saturated rings. The van der Waals surface area contributed by atoms with E-state index in [1.54, 1.807) is 0 Å². The molecule has 2 aliphatic rings. The molecule has 2 aromatic carbocycles. The van der Waals surface area contributed by atoms with Gasteiger partial charge in [0.1, 0.15) is 6.04 Å². The van der Waals surface area contributed by atoms with E-state index in [9.17, 15) is 14.7 Å². The van der Waals surface area contributed by atoms with Gasteiger partial charge in [0.25, 0.3) is 5.91 Å². The molecule has 5 rings (SSSR count). The number of hydrogen-bond acceptors (Lipinski definition) is 3. The minimum Gasteiger partial charge on any atom is -0.480 e. The molecule has 0 saturated heterocycles. The number of rotatable bonds is 3. The zero-order chi connectivity index (χ0) is 20.0. The van der Waals surface area contributed by atoms with Crippen molar-refractivity contribution in [2.24, 2.45) is 0 Å². The first kappa shape index (κ1) is 17.7. The zero-order valence-electron chi connectivity index (χ0n) is 15.9. The first-order valence-corrected chi connectivity index (χ1v) is 9.90. The van der Waals surface area contributed by atoms with Crippen LogP contribution in [0.25, 0.3) is 5.69 Å². The van der Waals surface area contributed by atoms with Gasteiger partial charge in [-0.05, 0) is 42.5 Å². The lowest BCUT2D eigenvalue weighted by Gasteiger charge is -2.34. The highest BCUT2D eigenvalue weighted by Crippen LogP contribution is 2.31. The molecule has 146 valence electrons. The molecule has 3 aromatic rings. The Labute approximate surface area is 168 Å². The zero-order valence-corrected chi connectivity index (χ0v) is 15.9. The van der Waals surface area contributed by atoms with Crippen LogP contribution in [0.1, 0.15) is 39.3 Å². The Morgan fingerprint density at radius 1 is 0.966 bits per heavy atom. The molecule has 1 unspecified atom stereocenters. The van der Waals surface area contributed by atoms with E-state index < -0.39 is 12.0 Å². The Hall–Kier alpha value is -3.41. The van der Waals surface area contributed by atoms with Gasteiger partial charge in [0, 0.05) is 24.2 Å². The summed E-state index contributed by atoms with van der Waals surface area (Å²) in [5.74, 6) is -1.27. The third-order valence-electron chi connectivity index (χ3n) is 5.93. The Morgan fingerprint density at radius 3 is 2.45 bits per heavy atom. The average Bonchev–Trinajstić information content (AvgIpc) is 3.35. The van der Waals surface area contributed by atoms with Crippen molar-refractivity contribution in [2.75, 3.05) is 0 Å². The SMILES string of the molecule is O=C(O)C1Cc2ccccc2CN1C(=O)c1nn(-c2ccccc2)c2c1CCC2. The number of fused-ring (bicyclic) bond motifs is 2. The largest absolute Gasteiger partial charge is 0.480 e. The van der Waals surface area contributed by atoms with Crippen molar-refractivity contribution in [2.45, 2.75) is 38.3 Å². The predicted octanol–water partition coefficient (Wildman–Crippen LogP) is 3.01. The number of carboxylic acid groups (broad SMARTS) is 1. The van der Waals surface area contributed by atoms with Gasteiger partial charge < -0.3 is 10.0 Å². The number of carbonyl (C=O) groups excluding carboxylic acids is 1. The number of aromatic nitrogens is 2. The first-order valence-electron chi connectivity index (χ1n) is 9.90. The molecular formula is C23H21N3O3. The first-order chi connectivity index (χ1) is 14.1. The summed E-state index contributed by atoms with van der Waals surface area (Å²) in [4.78, 5) is 26.9. The second-order valence-electron chi connectivity index (χ2n) is 7.63. The molecule has 6 nitrogen and oxygen atoms in total. The lowest BCUT2D eigenvalue weighted by atomic mass is 9.93. The van der Waals surface area contributed by atoms with Gasteiger partial charge in [0.15, 0.2) is 5.69 Å². The molecule has 29 heavy (non-hydrogen) atoms. The highest BCUT2D eigenvalue weighted by Gasteiger charge is 2.38. The summed E-state index contributed by atoms with van der Waals surface area (Å²) in [7, 11) is 0. The predicted molar refractivity (Wildman–Crippen MR) is 107 cm³/mol. The van der Waals surface area contributed by atoms with Gasteiger partial charge in [-0.3, -0.25) is 4.79 Å². The monoisotopic (exact) mass is 387 g/mol. The van der Waals surface area contributed by atoms with E-state index in [2.05, 4.69) is 5.10 Å². The van der Waals surface area contributed by atoms with Gasteiger partial charge in [0.05, 0.1) is 5.69 Å². The van der Waals surface area contributed by atoms with E-state index in [-0.39, 0.29) is 5.91 Å². The molecule has 1 atom stereocenters. The van der Waals surface area contributed by atoms with Crippen LogP contribution in [0.4, 0.5) is 0 Å². The number of amides is 1. The van der Waals surface area contributed by atoms with Crippen LogP contribution in [0, 0.1) is 0 Å². The molecule has 0 saturated carbocycles. The normalized spacial score (nSPS) is 17.7.